The minimum atomic E-state index is -5.33. The van der Waals surface area contributed by atoms with Crippen LogP contribution >= 0.6 is 23.5 Å². The van der Waals surface area contributed by atoms with Gasteiger partial charge in [0.15, 0.2) is 0 Å². The van der Waals surface area contributed by atoms with Crippen molar-refractivity contribution in [3.05, 3.63) is 0 Å². The van der Waals surface area contributed by atoms with Crippen LogP contribution in [0.4, 0.5) is 0 Å². The van der Waals surface area contributed by atoms with E-state index in [4.69, 9.17) is 19.6 Å². The van der Waals surface area contributed by atoms with Crippen molar-refractivity contribution >= 4 is 46.9 Å². The molecule has 0 aromatic carbocycles. The van der Waals surface area contributed by atoms with Gasteiger partial charge in [-0.15, -0.1) is 0 Å². The van der Waals surface area contributed by atoms with E-state index in [2.05, 4.69) is 11.4 Å². The summed E-state index contributed by atoms with van der Waals surface area (Å²) in [5.41, 5.74) is 0. The third-order valence-corrected chi connectivity index (χ3v) is 6.42. The molecule has 0 aliphatic carbocycles. The monoisotopic (exact) mass is 380 g/mol. The van der Waals surface area contributed by atoms with Crippen LogP contribution in [0.25, 0.3) is 0 Å². The third-order valence-electron chi connectivity index (χ3n) is 0.549. The summed E-state index contributed by atoms with van der Waals surface area (Å²) in [6, 6.07) is 0. The van der Waals surface area contributed by atoms with E-state index in [1.807, 2.05) is 0 Å². The first kappa shape index (κ1) is 15.2. The standard InChI is InChI=1S/H5O10P3.Sb.2H/c1-11(2,3)9-13(7,8)10-12(4,5)6;;;/h(H,7,8)(H2,1,2,3)(H2,4,5,6);;;/q;+1;;/p-1. The van der Waals surface area contributed by atoms with Gasteiger partial charge >= 0.3 is 91.6 Å². The quantitative estimate of drug-likeness (QED) is 0.339. The van der Waals surface area contributed by atoms with Gasteiger partial charge in [0.25, 0.3) is 0 Å². The van der Waals surface area contributed by atoms with E-state index in [0.29, 0.717) is 0 Å². The molecule has 0 heterocycles. The minimum absolute atomic E-state index is 0.226. The molecule has 0 aliphatic rings. The van der Waals surface area contributed by atoms with Crippen LogP contribution in [0.3, 0.4) is 0 Å². The zero-order chi connectivity index (χ0) is 11.6. The second-order valence-corrected chi connectivity index (χ2v) is 7.87. The fourth-order valence-corrected chi connectivity index (χ4v) is 3.95. The average molecular weight is 381 g/mol. The van der Waals surface area contributed by atoms with Crippen molar-refractivity contribution in [1.29, 1.82) is 0 Å². The van der Waals surface area contributed by atoms with Crippen molar-refractivity contribution < 1.29 is 44.7 Å². The first-order valence-electron chi connectivity index (χ1n) is 2.50. The van der Waals surface area contributed by atoms with Crippen LogP contribution < -0.4 is 0 Å². The molecule has 0 aromatic heterocycles. The SMILES string of the molecule is O=P(O)(O)OP(=O)(O)OP(=O)(O)[O][SbH2]. The van der Waals surface area contributed by atoms with Crippen molar-refractivity contribution in [2.75, 3.05) is 0 Å². The molecule has 4 N–H and O–H groups in total. The number of hydrogen-bond acceptors (Lipinski definition) is 6. The zero-order valence-electron chi connectivity index (χ0n) is 6.16. The summed E-state index contributed by atoms with van der Waals surface area (Å²) in [5, 5.41) is 0. The van der Waals surface area contributed by atoms with Gasteiger partial charge in [0, 0.05) is 0 Å². The molecule has 0 rings (SSSR count). The van der Waals surface area contributed by atoms with Crippen molar-refractivity contribution in [2.24, 2.45) is 0 Å². The van der Waals surface area contributed by atoms with Crippen LogP contribution in [0, 0.1) is 0 Å². The van der Waals surface area contributed by atoms with E-state index in [0.717, 1.165) is 0 Å². The van der Waals surface area contributed by atoms with Crippen LogP contribution in [0.2, 0.25) is 0 Å². The Morgan fingerprint density at radius 1 is 0.857 bits per heavy atom. The summed E-state index contributed by atoms with van der Waals surface area (Å²) in [4.78, 5) is 33.3. The fraction of sp³-hybridized carbons (Fsp3) is 0. The second kappa shape index (κ2) is 5.04. The maximum atomic E-state index is 10.6. The summed E-state index contributed by atoms with van der Waals surface area (Å²) in [6.45, 7) is 0. The molecule has 14 heteroatoms. The first-order valence-corrected chi connectivity index (χ1v) is 8.36. The van der Waals surface area contributed by atoms with Crippen molar-refractivity contribution in [3.63, 3.8) is 0 Å². The van der Waals surface area contributed by atoms with Gasteiger partial charge in [0.05, 0.1) is 0 Å². The third kappa shape index (κ3) is 7.51. The Labute approximate surface area is 91.7 Å². The van der Waals surface area contributed by atoms with Crippen molar-refractivity contribution in [2.45, 2.75) is 0 Å². The Bertz CT molecular complexity index is 324. The number of hydrogen-bond donors (Lipinski definition) is 4. The molecule has 14 heavy (non-hydrogen) atoms. The van der Waals surface area contributed by atoms with E-state index < -0.39 is 23.5 Å². The molecular formula is H6O10P3Sb. The molecule has 10 nitrogen and oxygen atoms in total. The predicted octanol–water partition coefficient (Wildman–Crippen LogP) is -1.12. The Balaban J connectivity index is 4.60. The molecule has 0 radical (unpaired) electrons. The van der Waals surface area contributed by atoms with E-state index in [9.17, 15) is 13.7 Å². The van der Waals surface area contributed by atoms with Gasteiger partial charge in [0.1, 0.15) is 0 Å². The topological polar surface area (TPSA) is 160 Å². The molecule has 0 saturated heterocycles. The van der Waals surface area contributed by atoms with Gasteiger partial charge in [-0.2, -0.15) is 0 Å². The van der Waals surface area contributed by atoms with E-state index in [1.54, 1.807) is 0 Å². The number of rotatable bonds is 5. The maximum absolute atomic E-state index is 10.6. The molecule has 0 aliphatic heterocycles. The molecule has 2 atom stereocenters. The van der Waals surface area contributed by atoms with Gasteiger partial charge in [-0.3, -0.25) is 0 Å². The van der Waals surface area contributed by atoms with Gasteiger partial charge in [-0.05, 0) is 0 Å². The van der Waals surface area contributed by atoms with E-state index in [1.165, 1.54) is 0 Å². The first-order chi connectivity index (χ1) is 5.97. The molecule has 0 aromatic rings. The van der Waals surface area contributed by atoms with Gasteiger partial charge < -0.3 is 0 Å². The van der Waals surface area contributed by atoms with E-state index >= 15 is 0 Å². The molecule has 2 unspecified atom stereocenters. The molecule has 86 valence electrons. The van der Waals surface area contributed by atoms with E-state index in [-0.39, 0.29) is 23.4 Å². The molecule has 0 amide bonds. The van der Waals surface area contributed by atoms with Crippen molar-refractivity contribution in [1.82, 2.24) is 0 Å². The zero-order valence-corrected chi connectivity index (χ0v) is 12.1. The van der Waals surface area contributed by atoms with Crippen LogP contribution in [-0.2, 0) is 25.1 Å². The Kier molecular flexibility index (Phi) is 5.48. The molecule has 0 spiro atoms. The summed E-state index contributed by atoms with van der Waals surface area (Å²) < 4.78 is 41.8. The van der Waals surface area contributed by atoms with Gasteiger partial charge in [-0.25, -0.2) is 0 Å². The summed E-state index contributed by atoms with van der Waals surface area (Å²) >= 11 is -0.226. The summed E-state index contributed by atoms with van der Waals surface area (Å²) in [7, 11) is -15.4. The van der Waals surface area contributed by atoms with Gasteiger partial charge in [-0.1, -0.05) is 0 Å². The average Bonchev–Trinajstić information content (AvgIpc) is 1.78. The Hall–Kier alpha value is 1.23. The number of phosphoric acid groups is 3. The van der Waals surface area contributed by atoms with Crippen LogP contribution in [0.15, 0.2) is 0 Å². The Morgan fingerprint density at radius 3 is 1.57 bits per heavy atom. The van der Waals surface area contributed by atoms with Crippen LogP contribution in [-0.4, -0.2) is 43.0 Å². The van der Waals surface area contributed by atoms with Crippen LogP contribution in [0.1, 0.15) is 0 Å². The molecular weight excluding hydrogens is 375 g/mol. The van der Waals surface area contributed by atoms with Crippen molar-refractivity contribution in [3.8, 4) is 0 Å². The molecule has 0 fully saturated rings. The normalized spacial score (nSPS) is 21.2. The molecule has 0 saturated carbocycles. The summed E-state index contributed by atoms with van der Waals surface area (Å²) in [6.07, 6.45) is 0. The second-order valence-electron chi connectivity index (χ2n) is 1.70. The van der Waals surface area contributed by atoms with Gasteiger partial charge in [0.2, 0.25) is 0 Å². The summed E-state index contributed by atoms with van der Waals surface area (Å²) in [5.74, 6) is 0. The Morgan fingerprint density at radius 2 is 1.29 bits per heavy atom. The van der Waals surface area contributed by atoms with Crippen LogP contribution in [0.5, 0.6) is 0 Å². The fourth-order valence-electron chi connectivity index (χ4n) is 0.299. The predicted molar refractivity (Wildman–Crippen MR) is 43.5 cm³/mol. The molecule has 0 bridgehead atoms.